The number of hydrogen-bond acceptors (Lipinski definition) is 3. The van der Waals surface area contributed by atoms with E-state index < -0.39 is 5.97 Å². The summed E-state index contributed by atoms with van der Waals surface area (Å²) in [6.45, 7) is 1.58. The molecule has 1 saturated heterocycles. The van der Waals surface area contributed by atoms with E-state index in [1.807, 2.05) is 5.01 Å². The Hall–Kier alpha value is -1.01. The SMILES string of the molecule is Cl.NC(=NCC(=O)O)NN1CCC1. The van der Waals surface area contributed by atoms with E-state index in [1.54, 1.807) is 0 Å². The summed E-state index contributed by atoms with van der Waals surface area (Å²) in [6, 6.07) is 0. The van der Waals surface area contributed by atoms with Crippen molar-refractivity contribution in [2.75, 3.05) is 19.6 Å². The first-order valence-corrected chi connectivity index (χ1v) is 3.72. The molecule has 1 aliphatic heterocycles. The molecule has 0 amide bonds. The number of nitrogens with two attached hydrogens (primary N) is 1. The van der Waals surface area contributed by atoms with E-state index in [4.69, 9.17) is 10.8 Å². The molecule has 0 unspecified atom stereocenters. The summed E-state index contributed by atoms with van der Waals surface area (Å²) in [7, 11) is 0. The minimum atomic E-state index is -0.983. The van der Waals surface area contributed by atoms with Crippen molar-refractivity contribution >= 4 is 24.3 Å². The molecule has 0 aromatic carbocycles. The average molecular weight is 209 g/mol. The normalized spacial score (nSPS) is 17.1. The highest BCUT2D eigenvalue weighted by atomic mass is 35.5. The van der Waals surface area contributed by atoms with Gasteiger partial charge < -0.3 is 10.8 Å². The van der Waals surface area contributed by atoms with Gasteiger partial charge in [-0.2, -0.15) is 0 Å². The Morgan fingerprint density at radius 3 is 2.62 bits per heavy atom. The fourth-order valence-corrected chi connectivity index (χ4v) is 0.778. The molecule has 1 aliphatic rings. The number of rotatable bonds is 3. The predicted molar refractivity (Wildman–Crippen MR) is 50.7 cm³/mol. The van der Waals surface area contributed by atoms with E-state index in [0.717, 1.165) is 19.5 Å². The highest BCUT2D eigenvalue weighted by molar-refractivity contribution is 5.85. The molecule has 0 spiro atoms. The van der Waals surface area contributed by atoms with Crippen LogP contribution in [0.15, 0.2) is 4.99 Å². The summed E-state index contributed by atoms with van der Waals surface area (Å²) >= 11 is 0. The Labute approximate surface area is 82.2 Å². The van der Waals surface area contributed by atoms with Crippen molar-refractivity contribution in [3.05, 3.63) is 0 Å². The van der Waals surface area contributed by atoms with Crippen molar-refractivity contribution in [1.29, 1.82) is 0 Å². The number of halogens is 1. The molecule has 0 aromatic rings. The van der Waals surface area contributed by atoms with E-state index in [0.29, 0.717) is 0 Å². The number of aliphatic carboxylic acids is 1. The number of nitrogens with zero attached hydrogens (tertiary/aromatic N) is 2. The van der Waals surface area contributed by atoms with Crippen molar-refractivity contribution in [3.63, 3.8) is 0 Å². The molecule has 76 valence electrons. The Balaban J connectivity index is 0.00000144. The molecule has 1 heterocycles. The zero-order chi connectivity index (χ0) is 8.97. The van der Waals surface area contributed by atoms with Gasteiger partial charge in [0, 0.05) is 13.1 Å². The lowest BCUT2D eigenvalue weighted by molar-refractivity contribution is -0.135. The van der Waals surface area contributed by atoms with Crippen molar-refractivity contribution in [2.24, 2.45) is 10.7 Å². The lowest BCUT2D eigenvalue weighted by Crippen LogP contribution is -2.52. The molecule has 7 heteroatoms. The van der Waals surface area contributed by atoms with Crippen molar-refractivity contribution in [3.8, 4) is 0 Å². The van der Waals surface area contributed by atoms with E-state index >= 15 is 0 Å². The number of hydrogen-bond donors (Lipinski definition) is 3. The molecule has 0 saturated carbocycles. The molecule has 4 N–H and O–H groups in total. The van der Waals surface area contributed by atoms with E-state index in [1.165, 1.54) is 0 Å². The van der Waals surface area contributed by atoms with Gasteiger partial charge in [0.2, 0.25) is 5.96 Å². The van der Waals surface area contributed by atoms with Crippen LogP contribution in [0.2, 0.25) is 0 Å². The molecule has 6 nitrogen and oxygen atoms in total. The molecule has 1 rings (SSSR count). The van der Waals surface area contributed by atoms with E-state index in [9.17, 15) is 4.79 Å². The van der Waals surface area contributed by atoms with Gasteiger partial charge in [0.25, 0.3) is 0 Å². The third kappa shape index (κ3) is 4.54. The minimum absolute atomic E-state index is 0. The van der Waals surface area contributed by atoms with Crippen LogP contribution in [0.25, 0.3) is 0 Å². The lowest BCUT2D eigenvalue weighted by Gasteiger charge is -2.31. The average Bonchev–Trinajstić information content (AvgIpc) is 1.93. The van der Waals surface area contributed by atoms with Gasteiger partial charge in [-0.1, -0.05) is 0 Å². The van der Waals surface area contributed by atoms with Gasteiger partial charge in [-0.15, -0.1) is 12.4 Å². The highest BCUT2D eigenvalue weighted by Crippen LogP contribution is 1.99. The van der Waals surface area contributed by atoms with Gasteiger partial charge in [0.15, 0.2) is 0 Å². The summed E-state index contributed by atoms with van der Waals surface area (Å²) in [6.07, 6.45) is 1.14. The molecule has 0 aromatic heterocycles. The molecule has 1 fully saturated rings. The van der Waals surface area contributed by atoms with Crippen molar-refractivity contribution in [2.45, 2.75) is 6.42 Å². The van der Waals surface area contributed by atoms with Crippen LogP contribution in [0.1, 0.15) is 6.42 Å². The van der Waals surface area contributed by atoms with Crippen LogP contribution in [-0.2, 0) is 4.79 Å². The van der Waals surface area contributed by atoms with Crippen LogP contribution in [0, 0.1) is 0 Å². The van der Waals surface area contributed by atoms with E-state index in [-0.39, 0.29) is 24.9 Å². The Kier molecular flexibility index (Phi) is 5.17. The van der Waals surface area contributed by atoms with Crippen LogP contribution < -0.4 is 11.2 Å². The summed E-state index contributed by atoms with van der Waals surface area (Å²) < 4.78 is 0. The number of hydrazine groups is 1. The van der Waals surface area contributed by atoms with Gasteiger partial charge in [-0.3, -0.25) is 10.2 Å². The topological polar surface area (TPSA) is 90.9 Å². The molecular weight excluding hydrogens is 196 g/mol. The molecule has 13 heavy (non-hydrogen) atoms. The molecule has 0 atom stereocenters. The van der Waals surface area contributed by atoms with Gasteiger partial charge >= 0.3 is 5.97 Å². The second-order valence-electron chi connectivity index (χ2n) is 2.55. The second-order valence-corrected chi connectivity index (χ2v) is 2.55. The minimum Gasteiger partial charge on any atom is -0.480 e. The number of carboxylic acids is 1. The van der Waals surface area contributed by atoms with Gasteiger partial charge in [-0.05, 0) is 6.42 Å². The first-order valence-electron chi connectivity index (χ1n) is 3.72. The number of carboxylic acid groups (broad SMARTS) is 1. The first-order chi connectivity index (χ1) is 5.68. The van der Waals surface area contributed by atoms with Crippen LogP contribution in [0.3, 0.4) is 0 Å². The fraction of sp³-hybridized carbons (Fsp3) is 0.667. The predicted octanol–water partition coefficient (Wildman–Crippen LogP) is -0.982. The van der Waals surface area contributed by atoms with Crippen LogP contribution in [-0.4, -0.2) is 41.7 Å². The maximum Gasteiger partial charge on any atom is 0.325 e. The Morgan fingerprint density at radius 1 is 1.62 bits per heavy atom. The van der Waals surface area contributed by atoms with Crippen LogP contribution in [0.5, 0.6) is 0 Å². The monoisotopic (exact) mass is 208 g/mol. The molecule has 0 aliphatic carbocycles. The zero-order valence-electron chi connectivity index (χ0n) is 7.06. The molecule has 0 radical (unpaired) electrons. The largest absolute Gasteiger partial charge is 0.480 e. The smallest absolute Gasteiger partial charge is 0.325 e. The van der Waals surface area contributed by atoms with E-state index in [2.05, 4.69) is 10.4 Å². The van der Waals surface area contributed by atoms with Crippen LogP contribution >= 0.6 is 12.4 Å². The van der Waals surface area contributed by atoms with Gasteiger partial charge in [0.05, 0.1) is 0 Å². The number of guanidine groups is 1. The lowest BCUT2D eigenvalue weighted by atomic mass is 10.3. The summed E-state index contributed by atoms with van der Waals surface area (Å²) in [5.74, 6) is -0.819. The quantitative estimate of drug-likeness (QED) is 0.410. The maximum atomic E-state index is 10.1. The first kappa shape index (κ1) is 12.0. The standard InChI is InChI=1S/C6H12N4O2.ClH/c7-6(8-4-5(11)12)9-10-2-1-3-10;/h1-4H2,(H,11,12)(H3,7,8,9);1H. The second kappa shape index (κ2) is 5.60. The third-order valence-electron chi connectivity index (χ3n) is 1.51. The van der Waals surface area contributed by atoms with Crippen molar-refractivity contribution in [1.82, 2.24) is 10.4 Å². The summed E-state index contributed by atoms with van der Waals surface area (Å²) in [4.78, 5) is 13.7. The summed E-state index contributed by atoms with van der Waals surface area (Å²) in [5, 5.41) is 10.1. The highest BCUT2D eigenvalue weighted by Gasteiger charge is 2.13. The summed E-state index contributed by atoms with van der Waals surface area (Å²) in [5.41, 5.74) is 8.14. The van der Waals surface area contributed by atoms with Crippen molar-refractivity contribution < 1.29 is 9.90 Å². The van der Waals surface area contributed by atoms with Crippen LogP contribution in [0.4, 0.5) is 0 Å². The molecular formula is C6H13ClN4O2. The third-order valence-corrected chi connectivity index (χ3v) is 1.51. The number of carbonyl (C=O) groups is 1. The number of nitrogens with one attached hydrogen (secondary N) is 1. The van der Waals surface area contributed by atoms with Gasteiger partial charge in [-0.25, -0.2) is 10.0 Å². The zero-order valence-corrected chi connectivity index (χ0v) is 7.88. The fourth-order valence-electron chi connectivity index (χ4n) is 0.778. The maximum absolute atomic E-state index is 10.1. The number of aliphatic imine (C=N–C) groups is 1. The molecule has 0 bridgehead atoms. The Bertz CT molecular complexity index is 205. The van der Waals surface area contributed by atoms with Gasteiger partial charge in [0.1, 0.15) is 6.54 Å². The Morgan fingerprint density at radius 2 is 2.23 bits per heavy atom.